The fourth-order valence-electron chi connectivity index (χ4n) is 2.92. The van der Waals surface area contributed by atoms with Gasteiger partial charge in [-0.1, -0.05) is 26.7 Å². The Labute approximate surface area is 129 Å². The second kappa shape index (κ2) is 6.85. The van der Waals surface area contributed by atoms with Crippen molar-refractivity contribution in [2.75, 3.05) is 19.5 Å². The Morgan fingerprint density at radius 3 is 2.40 bits per heavy atom. The first kappa shape index (κ1) is 15.7. The summed E-state index contributed by atoms with van der Waals surface area (Å²) in [4.78, 5) is 9.45. The number of nitrogens with one attached hydrogen (secondary N) is 1. The summed E-state index contributed by atoms with van der Waals surface area (Å²) in [6.45, 7) is 4.27. The predicted octanol–water partition coefficient (Wildman–Crippen LogP) is 4.28. The van der Waals surface area contributed by atoms with Crippen molar-refractivity contribution in [2.45, 2.75) is 51.6 Å². The van der Waals surface area contributed by atoms with Crippen LogP contribution < -0.4 is 5.32 Å². The number of rotatable bonds is 5. The van der Waals surface area contributed by atoms with Crippen LogP contribution in [0.15, 0.2) is 4.47 Å². The van der Waals surface area contributed by atoms with Crippen molar-refractivity contribution in [1.82, 2.24) is 9.97 Å². The van der Waals surface area contributed by atoms with E-state index in [1.807, 2.05) is 7.05 Å². The van der Waals surface area contributed by atoms with Crippen molar-refractivity contribution < 1.29 is 4.74 Å². The molecule has 20 heavy (non-hydrogen) atoms. The van der Waals surface area contributed by atoms with Crippen LogP contribution >= 0.6 is 15.9 Å². The van der Waals surface area contributed by atoms with Crippen molar-refractivity contribution in [3.05, 3.63) is 16.0 Å². The molecular formula is C15H24BrN3O. The molecule has 2 rings (SSSR count). The first-order valence-electron chi connectivity index (χ1n) is 7.36. The summed E-state index contributed by atoms with van der Waals surface area (Å²) in [6, 6.07) is 0. The van der Waals surface area contributed by atoms with E-state index in [9.17, 15) is 0 Å². The molecule has 1 N–H and O–H groups in total. The summed E-state index contributed by atoms with van der Waals surface area (Å²) in [7, 11) is 3.62. The molecule has 1 fully saturated rings. The quantitative estimate of drug-likeness (QED) is 0.868. The monoisotopic (exact) mass is 341 g/mol. The van der Waals surface area contributed by atoms with Crippen LogP contribution in [0.4, 0.5) is 5.82 Å². The molecule has 1 atom stereocenters. The van der Waals surface area contributed by atoms with Crippen LogP contribution in [0, 0.1) is 5.92 Å². The van der Waals surface area contributed by atoms with Crippen LogP contribution in [0.5, 0.6) is 0 Å². The molecule has 0 bridgehead atoms. The number of hydrogen-bond acceptors (Lipinski definition) is 4. The molecule has 0 spiro atoms. The number of nitrogens with zero attached hydrogens (tertiary/aromatic N) is 2. The Kier molecular flexibility index (Phi) is 5.38. The van der Waals surface area contributed by atoms with Gasteiger partial charge in [0, 0.05) is 20.1 Å². The second-order valence-corrected chi connectivity index (χ2v) is 6.55. The van der Waals surface area contributed by atoms with E-state index in [0.29, 0.717) is 11.8 Å². The van der Waals surface area contributed by atoms with Gasteiger partial charge in [0.1, 0.15) is 11.9 Å². The van der Waals surface area contributed by atoms with E-state index in [4.69, 9.17) is 9.72 Å². The Hall–Kier alpha value is -0.680. The maximum Gasteiger partial charge on any atom is 0.160 e. The third-order valence-corrected chi connectivity index (χ3v) is 4.77. The lowest BCUT2D eigenvalue weighted by Gasteiger charge is -2.21. The summed E-state index contributed by atoms with van der Waals surface area (Å²) in [6.07, 6.45) is 4.97. The summed E-state index contributed by atoms with van der Waals surface area (Å²) >= 11 is 3.67. The van der Waals surface area contributed by atoms with E-state index < -0.39 is 0 Å². The van der Waals surface area contributed by atoms with Gasteiger partial charge in [-0.15, -0.1) is 0 Å². The summed E-state index contributed by atoms with van der Waals surface area (Å²) in [5.41, 5.74) is 1.14. The van der Waals surface area contributed by atoms with E-state index in [2.05, 4.69) is 40.1 Å². The van der Waals surface area contributed by atoms with Gasteiger partial charge in [0.25, 0.3) is 0 Å². The number of ether oxygens (including phenoxy) is 1. The highest BCUT2D eigenvalue weighted by atomic mass is 79.9. The van der Waals surface area contributed by atoms with Gasteiger partial charge in [-0.25, -0.2) is 9.97 Å². The van der Waals surface area contributed by atoms with Crippen LogP contribution in [0.1, 0.15) is 63.1 Å². The SMILES string of the molecule is CNc1nc(C(OC)C(C)C)nc(C2CCCC2)c1Br. The van der Waals surface area contributed by atoms with Crippen LogP contribution in [-0.4, -0.2) is 24.1 Å². The first-order valence-corrected chi connectivity index (χ1v) is 8.15. The molecule has 1 aromatic heterocycles. The maximum absolute atomic E-state index is 5.59. The highest BCUT2D eigenvalue weighted by Gasteiger charge is 2.26. The topological polar surface area (TPSA) is 47.0 Å². The molecule has 5 heteroatoms. The van der Waals surface area contributed by atoms with Crippen LogP contribution in [-0.2, 0) is 4.74 Å². The number of hydrogen-bond donors (Lipinski definition) is 1. The molecule has 0 aliphatic heterocycles. The van der Waals surface area contributed by atoms with Crippen molar-refractivity contribution in [2.24, 2.45) is 5.92 Å². The van der Waals surface area contributed by atoms with Gasteiger partial charge in [0.15, 0.2) is 5.82 Å². The second-order valence-electron chi connectivity index (χ2n) is 5.76. The van der Waals surface area contributed by atoms with Crippen molar-refractivity contribution in [3.8, 4) is 0 Å². The third kappa shape index (κ3) is 3.14. The van der Waals surface area contributed by atoms with Crippen LogP contribution in [0.2, 0.25) is 0 Å². The Morgan fingerprint density at radius 1 is 1.25 bits per heavy atom. The Bertz CT molecular complexity index is 459. The van der Waals surface area contributed by atoms with Gasteiger partial charge in [0.2, 0.25) is 0 Å². The zero-order valence-corrected chi connectivity index (χ0v) is 14.3. The molecule has 0 amide bonds. The van der Waals surface area contributed by atoms with Gasteiger partial charge in [-0.3, -0.25) is 0 Å². The highest BCUT2D eigenvalue weighted by molar-refractivity contribution is 9.10. The summed E-state index contributed by atoms with van der Waals surface area (Å²) < 4.78 is 6.60. The molecule has 1 saturated carbocycles. The minimum Gasteiger partial charge on any atom is -0.373 e. The maximum atomic E-state index is 5.59. The van der Waals surface area contributed by atoms with Gasteiger partial charge in [0.05, 0.1) is 10.2 Å². The van der Waals surface area contributed by atoms with Crippen LogP contribution in [0.3, 0.4) is 0 Å². The van der Waals surface area contributed by atoms with E-state index >= 15 is 0 Å². The molecule has 1 aliphatic rings. The number of anilines is 1. The largest absolute Gasteiger partial charge is 0.373 e. The summed E-state index contributed by atoms with van der Waals surface area (Å²) in [5.74, 6) is 2.54. The average molecular weight is 342 g/mol. The molecule has 1 heterocycles. The first-order chi connectivity index (χ1) is 9.58. The molecule has 112 valence electrons. The molecule has 4 nitrogen and oxygen atoms in total. The molecule has 0 saturated heterocycles. The molecule has 0 radical (unpaired) electrons. The lowest BCUT2D eigenvalue weighted by atomic mass is 10.0. The fourth-order valence-corrected chi connectivity index (χ4v) is 3.62. The zero-order valence-electron chi connectivity index (χ0n) is 12.7. The van der Waals surface area contributed by atoms with E-state index in [1.54, 1.807) is 7.11 Å². The standard InChI is InChI=1S/C15H24BrN3O/c1-9(2)13(20-4)15-18-12(10-7-5-6-8-10)11(16)14(17-3)19-15/h9-10,13H,5-8H2,1-4H3,(H,17,18,19). The van der Waals surface area contributed by atoms with E-state index in [-0.39, 0.29) is 6.10 Å². The Morgan fingerprint density at radius 2 is 1.90 bits per heavy atom. The zero-order chi connectivity index (χ0) is 14.7. The van der Waals surface area contributed by atoms with Crippen LogP contribution in [0.25, 0.3) is 0 Å². The average Bonchev–Trinajstić information content (AvgIpc) is 2.94. The van der Waals surface area contributed by atoms with Crippen molar-refractivity contribution >= 4 is 21.7 Å². The predicted molar refractivity (Wildman–Crippen MR) is 85.1 cm³/mol. The minimum atomic E-state index is -0.0599. The number of halogens is 1. The van der Waals surface area contributed by atoms with Gasteiger partial charge in [-0.05, 0) is 34.7 Å². The molecular weight excluding hydrogens is 318 g/mol. The van der Waals surface area contributed by atoms with Crippen molar-refractivity contribution in [3.63, 3.8) is 0 Å². The van der Waals surface area contributed by atoms with Gasteiger partial charge < -0.3 is 10.1 Å². The Balaban J connectivity index is 2.45. The fraction of sp³-hybridized carbons (Fsp3) is 0.733. The molecule has 1 aromatic rings. The van der Waals surface area contributed by atoms with Gasteiger partial charge in [-0.2, -0.15) is 0 Å². The molecule has 1 aliphatic carbocycles. The smallest absolute Gasteiger partial charge is 0.160 e. The lowest BCUT2D eigenvalue weighted by molar-refractivity contribution is 0.0573. The van der Waals surface area contributed by atoms with E-state index in [0.717, 1.165) is 21.8 Å². The highest BCUT2D eigenvalue weighted by Crippen LogP contribution is 2.39. The van der Waals surface area contributed by atoms with Crippen molar-refractivity contribution in [1.29, 1.82) is 0 Å². The minimum absolute atomic E-state index is 0.0599. The van der Waals surface area contributed by atoms with Gasteiger partial charge >= 0.3 is 0 Å². The molecule has 0 aromatic carbocycles. The number of methoxy groups -OCH3 is 1. The number of aromatic nitrogens is 2. The normalized spacial score (nSPS) is 17.7. The summed E-state index contributed by atoms with van der Waals surface area (Å²) in [5, 5.41) is 3.16. The lowest BCUT2D eigenvalue weighted by Crippen LogP contribution is -2.16. The van der Waals surface area contributed by atoms with E-state index in [1.165, 1.54) is 25.7 Å². The molecule has 1 unspecified atom stereocenters. The third-order valence-electron chi connectivity index (χ3n) is 3.99.